The third kappa shape index (κ3) is 4.59. The van der Waals surface area contributed by atoms with Crippen molar-refractivity contribution in [2.45, 2.75) is 57.7 Å². The van der Waals surface area contributed by atoms with Gasteiger partial charge in [-0.25, -0.2) is 0 Å². The van der Waals surface area contributed by atoms with Crippen molar-refractivity contribution in [3.63, 3.8) is 0 Å². The second-order valence-corrected chi connectivity index (χ2v) is 7.64. The molecule has 1 aliphatic carbocycles. The summed E-state index contributed by atoms with van der Waals surface area (Å²) in [7, 11) is 1.84. The van der Waals surface area contributed by atoms with E-state index in [-0.39, 0.29) is 24.0 Å². The second kappa shape index (κ2) is 9.28. The standard InChI is InChI=1S/C21H30N4O.HI/c1-15-18-9-5-6-10-19(18)26-20(15)13-23-21(22-2)24-16-11-12-25(14-16)17-7-3-4-8-17;/h5-6,9-10,16-17H,3-4,7-8,11-14H2,1-2H3,(H2,22,23,24);1H. The van der Waals surface area contributed by atoms with Crippen molar-refractivity contribution in [2.24, 2.45) is 4.99 Å². The first-order chi connectivity index (χ1) is 12.7. The Balaban J connectivity index is 0.00000210. The van der Waals surface area contributed by atoms with E-state index in [1.165, 1.54) is 49.6 Å². The van der Waals surface area contributed by atoms with Crippen LogP contribution in [0.4, 0.5) is 0 Å². The number of rotatable bonds is 4. The molecule has 5 nitrogen and oxygen atoms in total. The Hall–Kier alpha value is -1.28. The molecule has 0 spiro atoms. The summed E-state index contributed by atoms with van der Waals surface area (Å²) in [5, 5.41) is 8.21. The van der Waals surface area contributed by atoms with E-state index in [2.05, 4.69) is 39.6 Å². The summed E-state index contributed by atoms with van der Waals surface area (Å²) in [4.78, 5) is 7.07. The van der Waals surface area contributed by atoms with Gasteiger partial charge in [0.2, 0.25) is 0 Å². The van der Waals surface area contributed by atoms with Crippen molar-refractivity contribution in [1.29, 1.82) is 0 Å². The first-order valence-corrected chi connectivity index (χ1v) is 9.93. The van der Waals surface area contributed by atoms with Crippen molar-refractivity contribution >= 4 is 40.9 Å². The molecule has 1 atom stereocenters. The first kappa shape index (κ1) is 20.5. The normalized spacial score (nSPS) is 21.6. The molecule has 0 bridgehead atoms. The predicted octanol–water partition coefficient (Wildman–Crippen LogP) is 4.04. The summed E-state index contributed by atoms with van der Waals surface area (Å²) in [6, 6.07) is 9.50. The summed E-state index contributed by atoms with van der Waals surface area (Å²) in [6.07, 6.45) is 6.76. The van der Waals surface area contributed by atoms with Gasteiger partial charge in [0.25, 0.3) is 0 Å². The maximum atomic E-state index is 5.99. The molecule has 2 heterocycles. The highest BCUT2D eigenvalue weighted by Gasteiger charge is 2.30. The quantitative estimate of drug-likeness (QED) is 0.393. The molecular formula is C21H31IN4O. The van der Waals surface area contributed by atoms with Gasteiger partial charge in [-0.05, 0) is 32.3 Å². The van der Waals surface area contributed by atoms with Gasteiger partial charge in [-0.1, -0.05) is 31.0 Å². The highest BCUT2D eigenvalue weighted by atomic mass is 127. The van der Waals surface area contributed by atoms with E-state index in [0.717, 1.165) is 29.9 Å². The van der Waals surface area contributed by atoms with Crippen LogP contribution < -0.4 is 10.6 Å². The summed E-state index contributed by atoms with van der Waals surface area (Å²) in [5.41, 5.74) is 2.16. The third-order valence-corrected chi connectivity index (χ3v) is 5.98. The molecule has 2 aliphatic rings. The molecule has 1 aromatic heterocycles. The average Bonchev–Trinajstić information content (AvgIpc) is 3.39. The van der Waals surface area contributed by atoms with Crippen LogP contribution in [0.3, 0.4) is 0 Å². The smallest absolute Gasteiger partial charge is 0.191 e. The van der Waals surface area contributed by atoms with Crippen LogP contribution in [0.1, 0.15) is 43.4 Å². The number of nitrogens with one attached hydrogen (secondary N) is 2. The number of nitrogens with zero attached hydrogens (tertiary/aromatic N) is 2. The molecule has 1 aromatic carbocycles. The van der Waals surface area contributed by atoms with Gasteiger partial charge < -0.3 is 15.1 Å². The fourth-order valence-electron chi connectivity index (χ4n) is 4.45. The maximum Gasteiger partial charge on any atom is 0.191 e. The van der Waals surface area contributed by atoms with E-state index in [4.69, 9.17) is 4.42 Å². The summed E-state index contributed by atoms with van der Waals surface area (Å²) >= 11 is 0. The van der Waals surface area contributed by atoms with E-state index >= 15 is 0 Å². The van der Waals surface area contributed by atoms with Crippen molar-refractivity contribution in [2.75, 3.05) is 20.1 Å². The van der Waals surface area contributed by atoms with Crippen LogP contribution >= 0.6 is 24.0 Å². The lowest BCUT2D eigenvalue weighted by Crippen LogP contribution is -2.45. The Labute approximate surface area is 179 Å². The molecular weight excluding hydrogens is 451 g/mol. The number of hydrogen-bond donors (Lipinski definition) is 2. The number of aliphatic imine (C=N–C) groups is 1. The number of para-hydroxylation sites is 1. The molecule has 1 unspecified atom stereocenters. The van der Waals surface area contributed by atoms with Gasteiger partial charge in [-0.2, -0.15) is 0 Å². The molecule has 2 aromatic rings. The fourth-order valence-corrected chi connectivity index (χ4v) is 4.45. The molecule has 2 N–H and O–H groups in total. The second-order valence-electron chi connectivity index (χ2n) is 7.64. The molecule has 0 radical (unpaired) electrons. The molecule has 1 saturated carbocycles. The Morgan fingerprint density at radius 3 is 2.74 bits per heavy atom. The van der Waals surface area contributed by atoms with Crippen molar-refractivity contribution in [3.05, 3.63) is 35.6 Å². The van der Waals surface area contributed by atoms with Crippen LogP contribution in [-0.2, 0) is 6.54 Å². The van der Waals surface area contributed by atoms with Gasteiger partial charge in [-0.3, -0.25) is 9.89 Å². The van der Waals surface area contributed by atoms with E-state index in [0.29, 0.717) is 12.6 Å². The number of aryl methyl sites for hydroxylation is 1. The van der Waals surface area contributed by atoms with Crippen LogP contribution in [0.15, 0.2) is 33.7 Å². The van der Waals surface area contributed by atoms with Gasteiger partial charge in [0.1, 0.15) is 11.3 Å². The minimum absolute atomic E-state index is 0. The zero-order valence-corrected chi connectivity index (χ0v) is 18.7. The summed E-state index contributed by atoms with van der Waals surface area (Å²) in [6.45, 7) is 5.12. The number of likely N-dealkylation sites (tertiary alicyclic amines) is 1. The minimum Gasteiger partial charge on any atom is -0.459 e. The lowest BCUT2D eigenvalue weighted by atomic mass is 10.1. The molecule has 2 fully saturated rings. The zero-order valence-electron chi connectivity index (χ0n) is 16.3. The highest BCUT2D eigenvalue weighted by molar-refractivity contribution is 14.0. The first-order valence-electron chi connectivity index (χ1n) is 9.93. The van der Waals surface area contributed by atoms with E-state index in [1.807, 2.05) is 19.2 Å². The highest BCUT2D eigenvalue weighted by Crippen LogP contribution is 2.27. The average molecular weight is 482 g/mol. The van der Waals surface area contributed by atoms with Crippen LogP contribution in [0, 0.1) is 6.92 Å². The number of hydrogen-bond acceptors (Lipinski definition) is 3. The van der Waals surface area contributed by atoms with Gasteiger partial charge in [0.05, 0.1) is 6.54 Å². The van der Waals surface area contributed by atoms with Gasteiger partial charge in [0.15, 0.2) is 5.96 Å². The van der Waals surface area contributed by atoms with Crippen LogP contribution in [0.2, 0.25) is 0 Å². The van der Waals surface area contributed by atoms with Crippen molar-refractivity contribution < 1.29 is 4.42 Å². The Bertz CT molecular complexity index is 782. The molecule has 1 aliphatic heterocycles. The summed E-state index contributed by atoms with van der Waals surface area (Å²) < 4.78 is 5.99. The van der Waals surface area contributed by atoms with Crippen LogP contribution in [-0.4, -0.2) is 43.1 Å². The Morgan fingerprint density at radius 2 is 2.00 bits per heavy atom. The molecule has 4 rings (SSSR count). The SMILES string of the molecule is CN=C(NCc1oc2ccccc2c1C)NC1CCN(C2CCCC2)C1.I. The van der Waals surface area contributed by atoms with Crippen molar-refractivity contribution in [3.8, 4) is 0 Å². The third-order valence-electron chi connectivity index (χ3n) is 5.98. The number of halogens is 1. The number of benzene rings is 1. The predicted molar refractivity (Wildman–Crippen MR) is 122 cm³/mol. The maximum absolute atomic E-state index is 5.99. The monoisotopic (exact) mass is 482 g/mol. The zero-order chi connectivity index (χ0) is 17.9. The largest absolute Gasteiger partial charge is 0.459 e. The number of fused-ring (bicyclic) bond motifs is 1. The lowest BCUT2D eigenvalue weighted by Gasteiger charge is -2.24. The topological polar surface area (TPSA) is 52.8 Å². The Morgan fingerprint density at radius 1 is 1.22 bits per heavy atom. The summed E-state index contributed by atoms with van der Waals surface area (Å²) in [5.74, 6) is 1.84. The minimum atomic E-state index is 0. The molecule has 27 heavy (non-hydrogen) atoms. The molecule has 148 valence electrons. The van der Waals surface area contributed by atoms with Gasteiger partial charge >= 0.3 is 0 Å². The number of furan rings is 1. The van der Waals surface area contributed by atoms with Crippen LogP contribution in [0.25, 0.3) is 11.0 Å². The number of guanidine groups is 1. The Kier molecular flexibility index (Phi) is 7.03. The molecule has 6 heteroatoms. The fraction of sp³-hybridized carbons (Fsp3) is 0.571. The molecule has 0 amide bonds. The van der Waals surface area contributed by atoms with Crippen LogP contribution in [0.5, 0.6) is 0 Å². The van der Waals surface area contributed by atoms with E-state index in [9.17, 15) is 0 Å². The van der Waals surface area contributed by atoms with Gasteiger partial charge in [-0.15, -0.1) is 24.0 Å². The van der Waals surface area contributed by atoms with E-state index < -0.39 is 0 Å². The lowest BCUT2D eigenvalue weighted by molar-refractivity contribution is 0.242. The molecule has 1 saturated heterocycles. The van der Waals surface area contributed by atoms with E-state index in [1.54, 1.807) is 0 Å². The van der Waals surface area contributed by atoms with Crippen molar-refractivity contribution in [1.82, 2.24) is 15.5 Å². The van der Waals surface area contributed by atoms with Gasteiger partial charge in [0, 0.05) is 43.2 Å².